The SMILES string of the molecule is FC1(F)Oc2cccc(CN3C[C@@H]4[C@@H](COCCCN5CCCCC5)[C@@H]4C3)c2O1. The van der Waals surface area contributed by atoms with E-state index in [4.69, 9.17) is 9.47 Å². The van der Waals surface area contributed by atoms with E-state index in [1.807, 2.05) is 6.07 Å². The maximum Gasteiger partial charge on any atom is 0.586 e. The summed E-state index contributed by atoms with van der Waals surface area (Å²) < 4.78 is 41.9. The van der Waals surface area contributed by atoms with Crippen LogP contribution in [0.5, 0.6) is 11.5 Å². The normalized spacial score (nSPS) is 30.5. The van der Waals surface area contributed by atoms with Gasteiger partial charge in [0, 0.05) is 38.3 Å². The van der Waals surface area contributed by atoms with Gasteiger partial charge in [-0.05, 0) is 56.2 Å². The van der Waals surface area contributed by atoms with Crippen molar-refractivity contribution in [2.24, 2.45) is 17.8 Å². The fourth-order valence-corrected chi connectivity index (χ4v) is 5.30. The number of nitrogens with zero attached hydrogens (tertiary/aromatic N) is 2. The number of para-hydroxylation sites is 1. The molecule has 3 aliphatic heterocycles. The second-order valence-corrected chi connectivity index (χ2v) is 8.93. The third-order valence-corrected chi connectivity index (χ3v) is 6.87. The molecule has 2 saturated heterocycles. The molecule has 3 fully saturated rings. The monoisotopic (exact) mass is 408 g/mol. The number of benzene rings is 1. The molecule has 0 unspecified atom stereocenters. The molecule has 5 nitrogen and oxygen atoms in total. The Morgan fingerprint density at radius 3 is 2.62 bits per heavy atom. The first-order chi connectivity index (χ1) is 14.1. The number of hydrogen-bond donors (Lipinski definition) is 0. The fraction of sp³-hybridized carbons (Fsp3) is 0.727. The van der Waals surface area contributed by atoms with E-state index in [1.165, 1.54) is 38.4 Å². The van der Waals surface area contributed by atoms with E-state index in [0.29, 0.717) is 24.3 Å². The number of halogens is 2. The van der Waals surface area contributed by atoms with E-state index in [-0.39, 0.29) is 11.5 Å². The highest BCUT2D eigenvalue weighted by atomic mass is 19.3. The van der Waals surface area contributed by atoms with E-state index in [9.17, 15) is 8.78 Å². The zero-order valence-electron chi connectivity index (χ0n) is 16.8. The molecule has 0 N–H and O–H groups in total. The molecule has 0 spiro atoms. The van der Waals surface area contributed by atoms with Gasteiger partial charge in [0.25, 0.3) is 0 Å². The van der Waals surface area contributed by atoms with Crippen LogP contribution >= 0.6 is 0 Å². The summed E-state index contributed by atoms with van der Waals surface area (Å²) in [6.45, 7) is 8.03. The van der Waals surface area contributed by atoms with Crippen LogP contribution in [0.4, 0.5) is 8.78 Å². The molecule has 29 heavy (non-hydrogen) atoms. The molecule has 3 heterocycles. The Morgan fingerprint density at radius 2 is 1.83 bits per heavy atom. The standard InChI is InChI=1S/C22H30F2N2O3/c23-22(24)28-20-7-4-6-16(21(20)29-22)12-26-13-17-18(14-26)19(17)15-27-11-5-10-25-8-2-1-3-9-25/h4,6-7,17-19H,1-3,5,8-15H2/t17-,18+,19+. The molecular weight excluding hydrogens is 378 g/mol. The predicted molar refractivity (Wildman–Crippen MR) is 104 cm³/mol. The van der Waals surface area contributed by atoms with Crippen LogP contribution in [0.2, 0.25) is 0 Å². The lowest BCUT2D eigenvalue weighted by molar-refractivity contribution is -0.287. The van der Waals surface area contributed by atoms with Crippen LogP contribution < -0.4 is 9.47 Å². The molecular formula is C22H30F2N2O3. The van der Waals surface area contributed by atoms with Crippen molar-refractivity contribution in [1.29, 1.82) is 0 Å². The Kier molecular flexibility index (Phi) is 5.39. The van der Waals surface area contributed by atoms with Gasteiger partial charge in [-0.1, -0.05) is 18.6 Å². The van der Waals surface area contributed by atoms with E-state index in [0.717, 1.165) is 44.8 Å². The molecule has 0 bridgehead atoms. The molecule has 0 amide bonds. The van der Waals surface area contributed by atoms with Gasteiger partial charge in [0.05, 0.1) is 6.61 Å². The van der Waals surface area contributed by atoms with Crippen LogP contribution in [0, 0.1) is 17.8 Å². The van der Waals surface area contributed by atoms with Crippen molar-refractivity contribution in [3.63, 3.8) is 0 Å². The third kappa shape index (κ3) is 4.37. The van der Waals surface area contributed by atoms with Crippen molar-refractivity contribution in [2.45, 2.75) is 38.5 Å². The second kappa shape index (κ2) is 8.00. The smallest absolute Gasteiger partial charge is 0.395 e. The Morgan fingerprint density at radius 1 is 1.03 bits per heavy atom. The maximum absolute atomic E-state index is 13.4. The van der Waals surface area contributed by atoms with Gasteiger partial charge in [-0.3, -0.25) is 4.90 Å². The van der Waals surface area contributed by atoms with Crippen LogP contribution in [-0.2, 0) is 11.3 Å². The number of rotatable bonds is 8. The number of fused-ring (bicyclic) bond motifs is 2. The van der Waals surface area contributed by atoms with Crippen molar-refractivity contribution in [3.8, 4) is 11.5 Å². The van der Waals surface area contributed by atoms with Crippen molar-refractivity contribution < 1.29 is 23.0 Å². The summed E-state index contributed by atoms with van der Waals surface area (Å²) in [5.41, 5.74) is 0.770. The van der Waals surface area contributed by atoms with Gasteiger partial charge in [-0.25, -0.2) is 0 Å². The summed E-state index contributed by atoms with van der Waals surface area (Å²) in [4.78, 5) is 4.89. The van der Waals surface area contributed by atoms with Crippen LogP contribution in [0.25, 0.3) is 0 Å². The Hall–Kier alpha value is -1.44. The first-order valence-electron chi connectivity index (χ1n) is 11.0. The van der Waals surface area contributed by atoms with Gasteiger partial charge in [0.2, 0.25) is 0 Å². The van der Waals surface area contributed by atoms with Crippen molar-refractivity contribution >= 4 is 0 Å². The molecule has 3 atom stereocenters. The minimum absolute atomic E-state index is 0.132. The largest absolute Gasteiger partial charge is 0.586 e. The summed E-state index contributed by atoms with van der Waals surface area (Å²) in [5, 5.41) is 0. The number of piperidine rings is 2. The zero-order chi connectivity index (χ0) is 19.8. The Balaban J connectivity index is 1.01. The van der Waals surface area contributed by atoms with Crippen LogP contribution in [-0.4, -0.2) is 62.0 Å². The van der Waals surface area contributed by atoms with Gasteiger partial charge >= 0.3 is 6.29 Å². The minimum Gasteiger partial charge on any atom is -0.395 e. The fourth-order valence-electron chi connectivity index (χ4n) is 5.30. The molecule has 1 aromatic rings. The van der Waals surface area contributed by atoms with Crippen LogP contribution in [0.1, 0.15) is 31.2 Å². The molecule has 0 radical (unpaired) electrons. The van der Waals surface area contributed by atoms with Crippen LogP contribution in [0.3, 0.4) is 0 Å². The summed E-state index contributed by atoms with van der Waals surface area (Å²) in [6.07, 6.45) is 1.64. The average Bonchev–Trinajstić information content (AvgIpc) is 3.01. The quantitative estimate of drug-likeness (QED) is 0.615. The molecule has 1 aliphatic carbocycles. The second-order valence-electron chi connectivity index (χ2n) is 8.93. The van der Waals surface area contributed by atoms with Crippen molar-refractivity contribution in [2.75, 3.05) is 45.9 Å². The van der Waals surface area contributed by atoms with Crippen molar-refractivity contribution in [1.82, 2.24) is 9.80 Å². The molecule has 7 heteroatoms. The number of ether oxygens (including phenoxy) is 3. The average molecular weight is 408 g/mol. The van der Waals surface area contributed by atoms with E-state index < -0.39 is 6.29 Å². The number of likely N-dealkylation sites (tertiary alicyclic amines) is 2. The first kappa shape index (κ1) is 19.5. The Bertz CT molecular complexity index is 714. The van der Waals surface area contributed by atoms with Gasteiger partial charge in [-0.2, -0.15) is 0 Å². The summed E-state index contributed by atoms with van der Waals surface area (Å²) in [7, 11) is 0. The highest BCUT2D eigenvalue weighted by Crippen LogP contribution is 2.52. The van der Waals surface area contributed by atoms with Gasteiger partial charge in [0.1, 0.15) is 0 Å². The number of hydrogen-bond acceptors (Lipinski definition) is 5. The molecule has 1 aromatic carbocycles. The minimum atomic E-state index is -3.55. The van der Waals surface area contributed by atoms with Crippen molar-refractivity contribution in [3.05, 3.63) is 23.8 Å². The van der Waals surface area contributed by atoms with E-state index in [1.54, 1.807) is 6.07 Å². The summed E-state index contributed by atoms with van der Waals surface area (Å²) in [5.74, 6) is 2.37. The van der Waals surface area contributed by atoms with E-state index in [2.05, 4.69) is 14.5 Å². The third-order valence-electron chi connectivity index (χ3n) is 6.87. The summed E-state index contributed by atoms with van der Waals surface area (Å²) in [6, 6.07) is 5.12. The molecule has 4 aliphatic rings. The van der Waals surface area contributed by atoms with Gasteiger partial charge < -0.3 is 19.1 Å². The topological polar surface area (TPSA) is 34.2 Å². The van der Waals surface area contributed by atoms with Gasteiger partial charge in [-0.15, -0.1) is 8.78 Å². The van der Waals surface area contributed by atoms with Gasteiger partial charge in [0.15, 0.2) is 11.5 Å². The maximum atomic E-state index is 13.4. The molecule has 0 aromatic heterocycles. The molecule has 1 saturated carbocycles. The molecule has 5 rings (SSSR count). The first-order valence-corrected chi connectivity index (χ1v) is 11.0. The zero-order valence-corrected chi connectivity index (χ0v) is 16.8. The number of alkyl halides is 2. The van der Waals surface area contributed by atoms with E-state index >= 15 is 0 Å². The Labute approximate surface area is 170 Å². The predicted octanol–water partition coefficient (Wildman–Crippen LogP) is 3.58. The lowest BCUT2D eigenvalue weighted by Crippen LogP contribution is -2.31. The summed E-state index contributed by atoms with van der Waals surface area (Å²) >= 11 is 0. The van der Waals surface area contributed by atoms with Crippen LogP contribution in [0.15, 0.2) is 18.2 Å². The highest BCUT2D eigenvalue weighted by Gasteiger charge is 2.55. The molecule has 160 valence electrons. The highest BCUT2D eigenvalue weighted by molar-refractivity contribution is 5.48. The lowest BCUT2D eigenvalue weighted by atomic mass is 10.1. The lowest BCUT2D eigenvalue weighted by Gasteiger charge is -2.26.